The van der Waals surface area contributed by atoms with Gasteiger partial charge in [-0.2, -0.15) is 5.10 Å². The molecule has 0 aliphatic heterocycles. The van der Waals surface area contributed by atoms with Crippen molar-refractivity contribution < 1.29 is 0 Å². The van der Waals surface area contributed by atoms with Gasteiger partial charge in [0, 0.05) is 19.7 Å². The fourth-order valence-corrected chi connectivity index (χ4v) is 2.16. The van der Waals surface area contributed by atoms with Crippen molar-refractivity contribution in [3.05, 3.63) is 46.5 Å². The molecule has 6 heteroatoms. The molecular formula is C12H16ClN5. The summed E-state index contributed by atoms with van der Waals surface area (Å²) in [6, 6.07) is 5.65. The number of hydrogen-bond acceptors (Lipinski definition) is 4. The minimum absolute atomic E-state index is 0.0847. The van der Waals surface area contributed by atoms with Crippen LogP contribution in [0.2, 0.25) is 5.02 Å². The highest BCUT2D eigenvalue weighted by Crippen LogP contribution is 2.24. The third-order valence-corrected chi connectivity index (χ3v) is 3.40. The average Bonchev–Trinajstić information content (AvgIpc) is 2.62. The molecule has 0 radical (unpaired) electrons. The Kier molecular flexibility index (Phi) is 3.96. The Labute approximate surface area is 111 Å². The number of rotatable bonds is 4. The summed E-state index contributed by atoms with van der Waals surface area (Å²) in [5, 5.41) is 4.98. The summed E-state index contributed by atoms with van der Waals surface area (Å²) in [6.45, 7) is 1.89. The Balaban J connectivity index is 2.26. The minimum Gasteiger partial charge on any atom is -0.271 e. The highest BCUT2D eigenvalue weighted by atomic mass is 35.5. The van der Waals surface area contributed by atoms with E-state index in [1.165, 1.54) is 0 Å². The summed E-state index contributed by atoms with van der Waals surface area (Å²) < 4.78 is 1.78. The van der Waals surface area contributed by atoms with Gasteiger partial charge in [0.25, 0.3) is 0 Å². The van der Waals surface area contributed by atoms with Crippen LogP contribution in [-0.2, 0) is 13.5 Å². The molecule has 1 atom stereocenters. The summed E-state index contributed by atoms with van der Waals surface area (Å²) in [6.07, 6.45) is 2.39. The molecule has 2 heterocycles. The minimum atomic E-state index is -0.0847. The Morgan fingerprint density at radius 2 is 2.28 bits per heavy atom. The van der Waals surface area contributed by atoms with E-state index < -0.39 is 0 Å². The highest BCUT2D eigenvalue weighted by Gasteiger charge is 2.18. The first-order chi connectivity index (χ1) is 8.63. The first kappa shape index (κ1) is 13.0. The number of halogens is 1. The van der Waals surface area contributed by atoms with Crippen molar-refractivity contribution >= 4 is 11.6 Å². The number of pyridine rings is 1. The molecule has 2 aromatic heterocycles. The van der Waals surface area contributed by atoms with Crippen molar-refractivity contribution in [2.75, 3.05) is 0 Å². The lowest BCUT2D eigenvalue weighted by Crippen LogP contribution is -2.30. The second-order valence-electron chi connectivity index (χ2n) is 4.15. The van der Waals surface area contributed by atoms with Crippen LogP contribution in [0, 0.1) is 6.92 Å². The lowest BCUT2D eigenvalue weighted by molar-refractivity contribution is 0.518. The smallest absolute Gasteiger partial charge is 0.0847 e. The predicted molar refractivity (Wildman–Crippen MR) is 71.0 cm³/mol. The van der Waals surface area contributed by atoms with Crippen molar-refractivity contribution in [2.45, 2.75) is 19.4 Å². The van der Waals surface area contributed by atoms with Crippen molar-refractivity contribution in [1.29, 1.82) is 0 Å². The van der Waals surface area contributed by atoms with Crippen LogP contribution in [0.1, 0.15) is 23.1 Å². The predicted octanol–water partition coefficient (Wildman–Crippen LogP) is 1.52. The zero-order valence-electron chi connectivity index (χ0n) is 10.4. The average molecular weight is 266 g/mol. The van der Waals surface area contributed by atoms with Gasteiger partial charge in [-0.05, 0) is 19.1 Å². The maximum Gasteiger partial charge on any atom is 0.0847 e. The second-order valence-corrected chi connectivity index (χ2v) is 4.53. The van der Waals surface area contributed by atoms with Gasteiger partial charge >= 0.3 is 0 Å². The first-order valence-electron chi connectivity index (χ1n) is 5.68. The molecule has 0 saturated heterocycles. The van der Waals surface area contributed by atoms with Crippen molar-refractivity contribution in [3.8, 4) is 0 Å². The third-order valence-electron chi connectivity index (χ3n) is 2.91. The molecule has 0 aliphatic rings. The Morgan fingerprint density at radius 3 is 2.78 bits per heavy atom. The SMILES string of the molecule is Cc1nn(C)c(CC(NN)c2ccccn2)c1Cl. The lowest BCUT2D eigenvalue weighted by Gasteiger charge is -2.15. The van der Waals surface area contributed by atoms with Crippen LogP contribution < -0.4 is 11.3 Å². The van der Waals surface area contributed by atoms with E-state index in [1.54, 1.807) is 10.9 Å². The van der Waals surface area contributed by atoms with Crippen LogP contribution in [-0.4, -0.2) is 14.8 Å². The van der Waals surface area contributed by atoms with E-state index in [1.807, 2.05) is 32.2 Å². The van der Waals surface area contributed by atoms with Crippen LogP contribution >= 0.6 is 11.6 Å². The van der Waals surface area contributed by atoms with Gasteiger partial charge in [-0.1, -0.05) is 17.7 Å². The summed E-state index contributed by atoms with van der Waals surface area (Å²) in [7, 11) is 1.88. The molecule has 2 aromatic rings. The first-order valence-corrected chi connectivity index (χ1v) is 6.06. The molecule has 96 valence electrons. The molecule has 5 nitrogen and oxygen atoms in total. The summed E-state index contributed by atoms with van der Waals surface area (Å²) in [5.41, 5.74) is 5.42. The Hall–Kier alpha value is -1.43. The van der Waals surface area contributed by atoms with Gasteiger partial charge in [0.05, 0.1) is 28.1 Å². The van der Waals surface area contributed by atoms with Gasteiger partial charge in [-0.25, -0.2) is 0 Å². The van der Waals surface area contributed by atoms with Gasteiger partial charge in [-0.15, -0.1) is 0 Å². The Morgan fingerprint density at radius 1 is 1.50 bits per heavy atom. The molecule has 0 bridgehead atoms. The molecule has 0 saturated carbocycles. The van der Waals surface area contributed by atoms with Crippen LogP contribution in [0.15, 0.2) is 24.4 Å². The zero-order chi connectivity index (χ0) is 13.1. The van der Waals surface area contributed by atoms with Crippen LogP contribution in [0.4, 0.5) is 0 Å². The van der Waals surface area contributed by atoms with Crippen molar-refractivity contribution in [1.82, 2.24) is 20.2 Å². The number of aryl methyl sites for hydroxylation is 2. The van der Waals surface area contributed by atoms with Gasteiger partial charge < -0.3 is 0 Å². The number of nitrogens with zero attached hydrogens (tertiary/aromatic N) is 3. The highest BCUT2D eigenvalue weighted by molar-refractivity contribution is 6.31. The summed E-state index contributed by atoms with van der Waals surface area (Å²) in [4.78, 5) is 4.30. The molecule has 0 spiro atoms. The molecule has 0 aliphatic carbocycles. The monoisotopic (exact) mass is 265 g/mol. The van der Waals surface area contributed by atoms with E-state index in [0.717, 1.165) is 17.1 Å². The molecular weight excluding hydrogens is 250 g/mol. The Bertz CT molecular complexity index is 523. The molecule has 2 rings (SSSR count). The quantitative estimate of drug-likeness (QED) is 0.650. The number of hydrazine groups is 1. The van der Waals surface area contributed by atoms with Gasteiger partial charge in [0.1, 0.15) is 0 Å². The molecule has 0 fully saturated rings. The zero-order valence-corrected chi connectivity index (χ0v) is 11.1. The van der Waals surface area contributed by atoms with E-state index in [9.17, 15) is 0 Å². The standard InChI is InChI=1S/C12H16ClN5/c1-8-12(13)11(18(2)17-8)7-10(16-14)9-5-3-4-6-15-9/h3-6,10,16H,7,14H2,1-2H3. The van der Waals surface area contributed by atoms with Gasteiger partial charge in [0.15, 0.2) is 0 Å². The topological polar surface area (TPSA) is 68.8 Å². The van der Waals surface area contributed by atoms with Crippen LogP contribution in [0.3, 0.4) is 0 Å². The molecule has 1 unspecified atom stereocenters. The molecule has 0 aromatic carbocycles. The number of nitrogens with two attached hydrogens (primary N) is 1. The van der Waals surface area contributed by atoms with Crippen molar-refractivity contribution in [2.24, 2.45) is 12.9 Å². The van der Waals surface area contributed by atoms with Crippen LogP contribution in [0.5, 0.6) is 0 Å². The van der Waals surface area contributed by atoms with E-state index in [2.05, 4.69) is 15.5 Å². The van der Waals surface area contributed by atoms with Crippen molar-refractivity contribution in [3.63, 3.8) is 0 Å². The lowest BCUT2D eigenvalue weighted by atomic mass is 10.1. The van der Waals surface area contributed by atoms with E-state index in [4.69, 9.17) is 17.4 Å². The fraction of sp³-hybridized carbons (Fsp3) is 0.333. The van der Waals surface area contributed by atoms with Gasteiger partial charge in [-0.3, -0.25) is 20.9 Å². The van der Waals surface area contributed by atoms with E-state index >= 15 is 0 Å². The van der Waals surface area contributed by atoms with E-state index in [0.29, 0.717) is 11.4 Å². The molecule has 18 heavy (non-hydrogen) atoms. The largest absolute Gasteiger partial charge is 0.271 e. The number of nitrogens with one attached hydrogen (secondary N) is 1. The van der Waals surface area contributed by atoms with Gasteiger partial charge in [0.2, 0.25) is 0 Å². The molecule has 3 N–H and O–H groups in total. The second kappa shape index (κ2) is 5.48. The van der Waals surface area contributed by atoms with E-state index in [-0.39, 0.29) is 6.04 Å². The number of hydrogen-bond donors (Lipinski definition) is 2. The maximum absolute atomic E-state index is 6.23. The summed E-state index contributed by atoms with van der Waals surface area (Å²) in [5.74, 6) is 5.60. The summed E-state index contributed by atoms with van der Waals surface area (Å²) >= 11 is 6.23. The third kappa shape index (κ3) is 2.53. The number of aromatic nitrogens is 3. The normalized spacial score (nSPS) is 12.7. The van der Waals surface area contributed by atoms with Crippen LogP contribution in [0.25, 0.3) is 0 Å². The fourth-order valence-electron chi connectivity index (χ4n) is 1.93. The molecule has 0 amide bonds. The maximum atomic E-state index is 6.23.